The Bertz CT molecular complexity index is 1480. The SMILES string of the molecule is CCn1cc(Cc2cccnc2-c2ccc(F)cc2[C@@H](C)Oc2cc(Br)cnc2[N+](=O)[O-])c(C#N)n1. The number of hydrogen-bond acceptors (Lipinski definition) is 7. The number of pyridine rings is 2. The van der Waals surface area contributed by atoms with E-state index in [0.29, 0.717) is 40.0 Å². The monoisotopic (exact) mass is 550 g/mol. The van der Waals surface area contributed by atoms with Crippen LogP contribution in [-0.2, 0) is 13.0 Å². The van der Waals surface area contributed by atoms with Crippen LogP contribution in [0.15, 0.2) is 59.5 Å². The van der Waals surface area contributed by atoms with Gasteiger partial charge in [-0.3, -0.25) is 9.67 Å². The quantitative estimate of drug-likeness (QED) is 0.201. The first-order chi connectivity index (χ1) is 17.3. The van der Waals surface area contributed by atoms with Crippen molar-refractivity contribution in [3.05, 3.63) is 97.8 Å². The number of rotatable bonds is 8. The first kappa shape index (κ1) is 24.9. The molecule has 0 aliphatic rings. The fraction of sp³-hybridized carbons (Fsp3) is 0.200. The molecule has 3 aromatic heterocycles. The summed E-state index contributed by atoms with van der Waals surface area (Å²) in [5.41, 5.74) is 3.52. The first-order valence-corrected chi connectivity index (χ1v) is 11.8. The van der Waals surface area contributed by atoms with E-state index < -0.39 is 22.7 Å². The predicted octanol–water partition coefficient (Wildman–Crippen LogP) is 5.77. The highest BCUT2D eigenvalue weighted by molar-refractivity contribution is 9.10. The van der Waals surface area contributed by atoms with Crippen LogP contribution in [0.4, 0.5) is 10.2 Å². The molecule has 3 heterocycles. The van der Waals surface area contributed by atoms with E-state index in [0.717, 1.165) is 11.1 Å². The zero-order valence-electron chi connectivity index (χ0n) is 19.4. The second-order valence-corrected chi connectivity index (χ2v) is 8.80. The third-order valence-corrected chi connectivity index (χ3v) is 5.96. The van der Waals surface area contributed by atoms with Gasteiger partial charge in [0.2, 0.25) is 5.75 Å². The molecule has 0 bridgehead atoms. The number of ether oxygens (including phenoxy) is 1. The third kappa shape index (κ3) is 5.23. The molecule has 0 saturated heterocycles. The standard InChI is InChI=1S/C25H20BrFN6O3/c1-3-32-14-17(22(12-28)31-32)9-16-5-4-8-29-24(16)20-7-6-19(27)11-21(20)15(2)36-23-10-18(26)13-30-25(23)33(34)35/h4-8,10-11,13-15H,3,9H2,1-2H3/t15-/m1/s1. The van der Waals surface area contributed by atoms with E-state index in [1.165, 1.54) is 24.4 Å². The molecule has 0 spiro atoms. The molecule has 0 fully saturated rings. The van der Waals surface area contributed by atoms with E-state index in [-0.39, 0.29) is 5.75 Å². The van der Waals surface area contributed by atoms with Crippen molar-refractivity contribution >= 4 is 21.7 Å². The Morgan fingerprint density at radius 3 is 2.81 bits per heavy atom. The van der Waals surface area contributed by atoms with Crippen LogP contribution in [-0.4, -0.2) is 24.7 Å². The van der Waals surface area contributed by atoms with Crippen molar-refractivity contribution in [2.24, 2.45) is 0 Å². The van der Waals surface area contributed by atoms with Crippen molar-refractivity contribution < 1.29 is 14.1 Å². The fourth-order valence-electron chi connectivity index (χ4n) is 3.85. The van der Waals surface area contributed by atoms with Crippen LogP contribution in [0.5, 0.6) is 5.75 Å². The van der Waals surface area contributed by atoms with Crippen LogP contribution in [0.25, 0.3) is 11.3 Å². The van der Waals surface area contributed by atoms with Gasteiger partial charge < -0.3 is 14.9 Å². The van der Waals surface area contributed by atoms with Crippen molar-refractivity contribution in [2.45, 2.75) is 32.9 Å². The summed E-state index contributed by atoms with van der Waals surface area (Å²) in [7, 11) is 0. The Balaban J connectivity index is 1.76. The van der Waals surface area contributed by atoms with E-state index in [2.05, 4.69) is 37.1 Å². The Morgan fingerprint density at radius 1 is 1.28 bits per heavy atom. The van der Waals surface area contributed by atoms with Gasteiger partial charge in [0.25, 0.3) is 0 Å². The summed E-state index contributed by atoms with van der Waals surface area (Å²) >= 11 is 3.25. The smallest absolute Gasteiger partial charge is 0.406 e. The Labute approximate surface area is 214 Å². The van der Waals surface area contributed by atoms with Gasteiger partial charge in [-0.2, -0.15) is 10.4 Å². The van der Waals surface area contributed by atoms with E-state index in [1.807, 2.05) is 19.2 Å². The normalized spacial score (nSPS) is 11.6. The Kier molecular flexibility index (Phi) is 7.36. The number of aromatic nitrogens is 4. The number of hydrogen-bond donors (Lipinski definition) is 0. The summed E-state index contributed by atoms with van der Waals surface area (Å²) in [6.45, 7) is 4.23. The Morgan fingerprint density at radius 2 is 2.08 bits per heavy atom. The number of halogens is 2. The largest absolute Gasteiger partial charge is 0.478 e. The molecule has 4 rings (SSSR count). The molecule has 11 heteroatoms. The van der Waals surface area contributed by atoms with Crippen molar-refractivity contribution in [1.29, 1.82) is 5.26 Å². The number of aryl methyl sites for hydroxylation is 1. The topological polar surface area (TPSA) is 120 Å². The molecule has 182 valence electrons. The molecule has 0 radical (unpaired) electrons. The summed E-state index contributed by atoms with van der Waals surface area (Å²) in [5.74, 6) is -0.984. The van der Waals surface area contributed by atoms with E-state index in [4.69, 9.17) is 4.74 Å². The van der Waals surface area contributed by atoms with E-state index in [9.17, 15) is 19.8 Å². The first-order valence-electron chi connectivity index (χ1n) is 11.0. The zero-order valence-corrected chi connectivity index (χ0v) is 20.9. The summed E-state index contributed by atoms with van der Waals surface area (Å²) in [6, 6.07) is 11.5. The average molecular weight is 551 g/mol. The molecule has 36 heavy (non-hydrogen) atoms. The molecule has 1 aromatic carbocycles. The lowest BCUT2D eigenvalue weighted by atomic mass is 9.94. The maximum Gasteiger partial charge on any atom is 0.406 e. The predicted molar refractivity (Wildman–Crippen MR) is 133 cm³/mol. The molecule has 0 amide bonds. The molecular formula is C25H20BrFN6O3. The van der Waals surface area contributed by atoms with Gasteiger partial charge in [0.05, 0.1) is 10.2 Å². The lowest BCUT2D eigenvalue weighted by Crippen LogP contribution is -2.09. The second kappa shape index (κ2) is 10.6. The molecule has 0 unspecified atom stereocenters. The second-order valence-electron chi connectivity index (χ2n) is 7.88. The van der Waals surface area contributed by atoms with Crippen LogP contribution in [0, 0.1) is 27.3 Å². The molecule has 0 saturated carbocycles. The number of nitro groups is 1. The third-order valence-electron chi connectivity index (χ3n) is 5.52. The minimum Gasteiger partial charge on any atom is -0.478 e. The van der Waals surface area contributed by atoms with Crippen LogP contribution in [0.1, 0.15) is 42.3 Å². The van der Waals surface area contributed by atoms with E-state index >= 15 is 0 Å². The van der Waals surface area contributed by atoms with E-state index in [1.54, 1.807) is 29.9 Å². The van der Waals surface area contributed by atoms with Crippen LogP contribution < -0.4 is 4.74 Å². The fourth-order valence-corrected chi connectivity index (χ4v) is 4.16. The van der Waals surface area contributed by atoms with Gasteiger partial charge in [0, 0.05) is 48.1 Å². The van der Waals surface area contributed by atoms with Gasteiger partial charge in [0.1, 0.15) is 18.0 Å². The lowest BCUT2D eigenvalue weighted by Gasteiger charge is -2.19. The summed E-state index contributed by atoms with van der Waals surface area (Å²) < 4.78 is 22.5. The molecular weight excluding hydrogens is 531 g/mol. The molecule has 4 aromatic rings. The number of benzene rings is 1. The van der Waals surface area contributed by atoms with Crippen molar-refractivity contribution in [3.63, 3.8) is 0 Å². The maximum atomic E-state index is 14.4. The summed E-state index contributed by atoms with van der Waals surface area (Å²) in [4.78, 5) is 19.2. The number of nitriles is 1. The Hall–Kier alpha value is -4.17. The van der Waals surface area contributed by atoms with Crippen LogP contribution in [0.3, 0.4) is 0 Å². The van der Waals surface area contributed by atoms with Crippen molar-refractivity contribution in [1.82, 2.24) is 19.7 Å². The minimum atomic E-state index is -0.780. The minimum absolute atomic E-state index is 0.0519. The van der Waals surface area contributed by atoms with Gasteiger partial charge in [-0.05, 0) is 69.5 Å². The molecule has 0 N–H and O–H groups in total. The van der Waals surface area contributed by atoms with Crippen LogP contribution in [0.2, 0.25) is 0 Å². The van der Waals surface area contributed by atoms with Crippen molar-refractivity contribution in [3.8, 4) is 23.1 Å². The maximum absolute atomic E-state index is 14.4. The molecule has 0 aliphatic heterocycles. The van der Waals surface area contributed by atoms with Crippen LogP contribution >= 0.6 is 15.9 Å². The van der Waals surface area contributed by atoms with Gasteiger partial charge in [-0.1, -0.05) is 6.07 Å². The zero-order chi connectivity index (χ0) is 25.8. The molecule has 9 nitrogen and oxygen atoms in total. The molecule has 0 aliphatic carbocycles. The summed E-state index contributed by atoms with van der Waals surface area (Å²) in [5, 5.41) is 25.2. The van der Waals surface area contributed by atoms with Gasteiger partial charge in [0.15, 0.2) is 11.9 Å². The average Bonchev–Trinajstić information content (AvgIpc) is 3.26. The van der Waals surface area contributed by atoms with Crippen molar-refractivity contribution in [2.75, 3.05) is 0 Å². The lowest BCUT2D eigenvalue weighted by molar-refractivity contribution is -0.390. The highest BCUT2D eigenvalue weighted by Gasteiger charge is 2.24. The summed E-state index contributed by atoms with van der Waals surface area (Å²) in [6.07, 6.45) is 4.37. The van der Waals surface area contributed by atoms with Gasteiger partial charge >= 0.3 is 5.82 Å². The highest BCUT2D eigenvalue weighted by atomic mass is 79.9. The van der Waals surface area contributed by atoms with Gasteiger partial charge in [-0.15, -0.1) is 0 Å². The highest BCUT2D eigenvalue weighted by Crippen LogP contribution is 2.36. The number of nitrogens with zero attached hydrogens (tertiary/aromatic N) is 6. The molecule has 1 atom stereocenters. The van der Waals surface area contributed by atoms with Gasteiger partial charge in [-0.25, -0.2) is 4.39 Å².